The van der Waals surface area contributed by atoms with Crippen LogP contribution < -0.4 is 9.47 Å². The number of benzene rings is 1. The van der Waals surface area contributed by atoms with Gasteiger partial charge in [0.1, 0.15) is 13.2 Å². The van der Waals surface area contributed by atoms with Crippen LogP contribution in [0.2, 0.25) is 0 Å². The van der Waals surface area contributed by atoms with Gasteiger partial charge in [-0.2, -0.15) is 0 Å². The van der Waals surface area contributed by atoms with Crippen LogP contribution in [0.1, 0.15) is 34.7 Å². The molecule has 0 radical (unpaired) electrons. The fraction of sp³-hybridized carbons (Fsp3) is 0.300. The van der Waals surface area contributed by atoms with Crippen LogP contribution in [-0.4, -0.2) is 51.0 Å². The minimum atomic E-state index is -0.197. The van der Waals surface area contributed by atoms with Crippen molar-refractivity contribution in [3.63, 3.8) is 0 Å². The summed E-state index contributed by atoms with van der Waals surface area (Å²) in [4.78, 5) is 18.8. The van der Waals surface area contributed by atoms with Gasteiger partial charge in [-0.3, -0.25) is 9.78 Å². The molecule has 1 amide bonds. The van der Waals surface area contributed by atoms with Crippen molar-refractivity contribution >= 4 is 5.91 Å². The normalized spacial score (nSPS) is 13.8. The van der Waals surface area contributed by atoms with Gasteiger partial charge in [-0.1, -0.05) is 11.3 Å². The van der Waals surface area contributed by atoms with E-state index in [1.165, 1.54) is 0 Å². The van der Waals surface area contributed by atoms with Gasteiger partial charge >= 0.3 is 0 Å². The smallest absolute Gasteiger partial charge is 0.276 e. The van der Waals surface area contributed by atoms with Gasteiger partial charge in [-0.25, -0.2) is 4.68 Å². The van der Waals surface area contributed by atoms with Crippen molar-refractivity contribution in [1.29, 1.82) is 0 Å². The lowest BCUT2D eigenvalue weighted by molar-refractivity contribution is 0.0735. The zero-order valence-corrected chi connectivity index (χ0v) is 16.0. The summed E-state index contributed by atoms with van der Waals surface area (Å²) in [5.41, 5.74) is 2.69. The Balaban J connectivity index is 1.60. The minimum absolute atomic E-state index is 0.139. The summed E-state index contributed by atoms with van der Waals surface area (Å²) in [7, 11) is 1.75. The second-order valence-electron chi connectivity index (χ2n) is 6.64. The number of nitrogens with zero attached hydrogens (tertiary/aromatic N) is 5. The van der Waals surface area contributed by atoms with E-state index in [0.717, 1.165) is 11.3 Å². The molecule has 0 unspecified atom stereocenters. The van der Waals surface area contributed by atoms with Crippen molar-refractivity contribution in [2.24, 2.45) is 0 Å². The summed E-state index contributed by atoms with van der Waals surface area (Å²) < 4.78 is 12.8. The zero-order valence-electron chi connectivity index (χ0n) is 16.0. The molecule has 3 heterocycles. The van der Waals surface area contributed by atoms with Crippen molar-refractivity contribution in [2.75, 3.05) is 20.3 Å². The highest BCUT2D eigenvalue weighted by Gasteiger charge is 2.25. The van der Waals surface area contributed by atoms with Crippen LogP contribution in [0.4, 0.5) is 0 Å². The summed E-state index contributed by atoms with van der Waals surface area (Å²) in [6, 6.07) is 9.20. The Bertz CT molecular complexity index is 1000. The standard InChI is InChI=1S/C20H21N5O3/c1-13(15-5-4-8-21-12-15)24(3)20(26)19-14(2)25(23-22-19)16-6-7-17-18(11-16)28-10-9-27-17/h4-8,11-13H,9-10H2,1-3H3/t13-/m0/s1. The Kier molecular flexibility index (Phi) is 4.68. The second-order valence-corrected chi connectivity index (χ2v) is 6.64. The predicted octanol–water partition coefficient (Wildman–Crippen LogP) is 2.58. The van der Waals surface area contributed by atoms with Crippen molar-refractivity contribution in [3.05, 3.63) is 59.7 Å². The lowest BCUT2D eigenvalue weighted by Crippen LogP contribution is -2.30. The summed E-state index contributed by atoms with van der Waals surface area (Å²) in [5.74, 6) is 1.17. The van der Waals surface area contributed by atoms with Gasteiger partial charge in [0, 0.05) is 25.5 Å². The van der Waals surface area contributed by atoms with E-state index in [1.807, 2.05) is 44.2 Å². The quantitative estimate of drug-likeness (QED) is 0.693. The highest BCUT2D eigenvalue weighted by atomic mass is 16.6. The molecule has 1 aliphatic heterocycles. The molecule has 0 N–H and O–H groups in total. The number of carbonyl (C=O) groups excluding carboxylic acids is 1. The number of pyridine rings is 1. The molecule has 3 aromatic rings. The van der Waals surface area contributed by atoms with Crippen LogP contribution in [0.5, 0.6) is 11.5 Å². The topological polar surface area (TPSA) is 82.4 Å². The maximum absolute atomic E-state index is 13.0. The average Bonchev–Trinajstić information content (AvgIpc) is 3.13. The van der Waals surface area contributed by atoms with E-state index in [0.29, 0.717) is 36.1 Å². The molecule has 0 aliphatic carbocycles. The summed E-state index contributed by atoms with van der Waals surface area (Å²) in [5, 5.41) is 8.32. The van der Waals surface area contributed by atoms with Gasteiger partial charge < -0.3 is 14.4 Å². The van der Waals surface area contributed by atoms with E-state index in [-0.39, 0.29) is 11.9 Å². The monoisotopic (exact) mass is 379 g/mol. The van der Waals surface area contributed by atoms with E-state index in [4.69, 9.17) is 9.47 Å². The van der Waals surface area contributed by atoms with Gasteiger partial charge in [0.25, 0.3) is 5.91 Å². The first kappa shape index (κ1) is 18.0. The third kappa shape index (κ3) is 3.17. The number of rotatable bonds is 4. The van der Waals surface area contributed by atoms with E-state index in [9.17, 15) is 4.79 Å². The molecule has 0 saturated carbocycles. The Morgan fingerprint density at radius 1 is 1.21 bits per heavy atom. The van der Waals surface area contributed by atoms with Crippen LogP contribution in [0.15, 0.2) is 42.7 Å². The molecule has 0 bridgehead atoms. The molecule has 0 spiro atoms. The lowest BCUT2D eigenvalue weighted by atomic mass is 10.1. The number of fused-ring (bicyclic) bond motifs is 1. The number of carbonyl (C=O) groups is 1. The first-order chi connectivity index (χ1) is 13.6. The number of aromatic nitrogens is 4. The van der Waals surface area contributed by atoms with Gasteiger partial charge in [-0.15, -0.1) is 5.10 Å². The Morgan fingerprint density at radius 3 is 2.75 bits per heavy atom. The molecule has 8 nitrogen and oxygen atoms in total. The van der Waals surface area contributed by atoms with E-state index in [2.05, 4.69) is 15.3 Å². The van der Waals surface area contributed by atoms with Crippen molar-refractivity contribution < 1.29 is 14.3 Å². The maximum atomic E-state index is 13.0. The molecule has 0 fully saturated rings. The number of hydrogen-bond donors (Lipinski definition) is 0. The predicted molar refractivity (Wildman–Crippen MR) is 102 cm³/mol. The van der Waals surface area contributed by atoms with Gasteiger partial charge in [0.15, 0.2) is 17.2 Å². The molecule has 0 saturated heterocycles. The number of ether oxygens (including phenoxy) is 2. The van der Waals surface area contributed by atoms with Crippen LogP contribution in [0.3, 0.4) is 0 Å². The molecular formula is C20H21N5O3. The van der Waals surface area contributed by atoms with Gasteiger partial charge in [0.05, 0.1) is 17.4 Å². The van der Waals surface area contributed by atoms with Crippen molar-refractivity contribution in [2.45, 2.75) is 19.9 Å². The molecular weight excluding hydrogens is 358 g/mol. The van der Waals surface area contributed by atoms with Crippen LogP contribution in [0.25, 0.3) is 5.69 Å². The Labute approximate surface area is 162 Å². The molecule has 144 valence electrons. The third-order valence-electron chi connectivity index (χ3n) is 4.94. The summed E-state index contributed by atoms with van der Waals surface area (Å²) in [6.45, 7) is 4.82. The lowest BCUT2D eigenvalue weighted by Gasteiger charge is -2.24. The maximum Gasteiger partial charge on any atom is 0.276 e. The van der Waals surface area contributed by atoms with Crippen LogP contribution >= 0.6 is 0 Å². The highest BCUT2D eigenvalue weighted by Crippen LogP contribution is 2.32. The van der Waals surface area contributed by atoms with Crippen LogP contribution in [0, 0.1) is 6.92 Å². The summed E-state index contributed by atoms with van der Waals surface area (Å²) >= 11 is 0. The average molecular weight is 379 g/mol. The van der Waals surface area contributed by atoms with Crippen molar-refractivity contribution in [1.82, 2.24) is 24.9 Å². The van der Waals surface area contributed by atoms with Crippen molar-refractivity contribution in [3.8, 4) is 17.2 Å². The van der Waals surface area contributed by atoms with E-state index < -0.39 is 0 Å². The SMILES string of the molecule is Cc1c(C(=O)N(C)[C@@H](C)c2cccnc2)nnn1-c1ccc2c(c1)OCCO2. The third-order valence-corrected chi connectivity index (χ3v) is 4.94. The highest BCUT2D eigenvalue weighted by molar-refractivity contribution is 5.93. The molecule has 28 heavy (non-hydrogen) atoms. The van der Waals surface area contributed by atoms with E-state index >= 15 is 0 Å². The fourth-order valence-electron chi connectivity index (χ4n) is 3.13. The fourth-order valence-corrected chi connectivity index (χ4v) is 3.13. The minimum Gasteiger partial charge on any atom is -0.486 e. The molecule has 1 atom stereocenters. The van der Waals surface area contributed by atoms with Gasteiger partial charge in [0.2, 0.25) is 0 Å². The molecule has 8 heteroatoms. The number of hydrogen-bond acceptors (Lipinski definition) is 6. The molecule has 1 aromatic carbocycles. The zero-order chi connectivity index (χ0) is 19.7. The van der Waals surface area contributed by atoms with E-state index in [1.54, 1.807) is 29.0 Å². The first-order valence-corrected chi connectivity index (χ1v) is 9.05. The second kappa shape index (κ2) is 7.30. The molecule has 2 aromatic heterocycles. The molecule has 4 rings (SSSR count). The Morgan fingerprint density at radius 2 is 2.00 bits per heavy atom. The largest absolute Gasteiger partial charge is 0.486 e. The molecule has 1 aliphatic rings. The first-order valence-electron chi connectivity index (χ1n) is 9.05. The Hall–Kier alpha value is -3.42. The van der Waals surface area contributed by atoms with Crippen LogP contribution in [-0.2, 0) is 0 Å². The van der Waals surface area contributed by atoms with Gasteiger partial charge in [-0.05, 0) is 37.6 Å². The number of amides is 1. The summed E-state index contributed by atoms with van der Waals surface area (Å²) in [6.07, 6.45) is 3.47.